The van der Waals surface area contributed by atoms with Gasteiger partial charge in [-0.25, -0.2) is 0 Å². The topological polar surface area (TPSA) is 49.7 Å². The maximum atomic E-state index is 11.0. The molecule has 90 valence electrons. The van der Waals surface area contributed by atoms with Crippen molar-refractivity contribution in [3.63, 3.8) is 0 Å². The van der Waals surface area contributed by atoms with Crippen LogP contribution >= 0.6 is 11.8 Å². The van der Waals surface area contributed by atoms with Crippen LogP contribution in [0.3, 0.4) is 0 Å². The van der Waals surface area contributed by atoms with E-state index in [1.165, 1.54) is 37.4 Å². The Bertz CT molecular complexity index is 316. The molecule has 1 aliphatic carbocycles. The molecule has 2 aliphatic rings. The Morgan fingerprint density at radius 2 is 2.06 bits per heavy atom. The molecule has 4 atom stereocenters. The third-order valence-electron chi connectivity index (χ3n) is 3.69. The van der Waals surface area contributed by atoms with Crippen LogP contribution in [-0.2, 0) is 4.79 Å². The summed E-state index contributed by atoms with van der Waals surface area (Å²) >= 11 is 1.49. The van der Waals surface area contributed by atoms with Crippen molar-refractivity contribution in [2.75, 3.05) is 0 Å². The van der Waals surface area contributed by atoms with E-state index in [-0.39, 0.29) is 11.3 Å². The van der Waals surface area contributed by atoms with Gasteiger partial charge in [0.2, 0.25) is 0 Å². The average Bonchev–Trinajstić information content (AvgIpc) is 2.61. The lowest BCUT2D eigenvalue weighted by Crippen LogP contribution is -2.25. The molecule has 0 spiro atoms. The molecular formula is C12H19NO2S. The second-order valence-electron chi connectivity index (χ2n) is 4.95. The minimum absolute atomic E-state index is 0.0633. The van der Waals surface area contributed by atoms with Crippen LogP contribution in [0.1, 0.15) is 39.5 Å². The summed E-state index contributed by atoms with van der Waals surface area (Å²) in [6, 6.07) is -0.0633. The Kier molecular flexibility index (Phi) is 3.57. The normalized spacial score (nSPS) is 39.5. The zero-order valence-corrected chi connectivity index (χ0v) is 10.7. The van der Waals surface area contributed by atoms with Crippen LogP contribution in [-0.4, -0.2) is 27.4 Å². The van der Waals surface area contributed by atoms with Gasteiger partial charge >= 0.3 is 5.97 Å². The lowest BCUT2D eigenvalue weighted by Gasteiger charge is -2.28. The highest BCUT2D eigenvalue weighted by Gasteiger charge is 2.37. The maximum Gasteiger partial charge on any atom is 0.319 e. The number of hydrogen-bond acceptors (Lipinski definition) is 3. The first-order valence-electron chi connectivity index (χ1n) is 6.06. The third kappa shape index (κ3) is 2.26. The van der Waals surface area contributed by atoms with Gasteiger partial charge in [0.25, 0.3) is 0 Å². The van der Waals surface area contributed by atoms with Gasteiger partial charge in [-0.05, 0) is 19.3 Å². The summed E-state index contributed by atoms with van der Waals surface area (Å²) in [6.45, 7) is 4.18. The minimum atomic E-state index is -0.722. The van der Waals surface area contributed by atoms with E-state index >= 15 is 0 Å². The van der Waals surface area contributed by atoms with Crippen molar-refractivity contribution >= 4 is 22.8 Å². The van der Waals surface area contributed by atoms with E-state index in [1.807, 2.05) is 6.92 Å². The van der Waals surface area contributed by atoms with E-state index in [0.717, 1.165) is 5.04 Å². The van der Waals surface area contributed by atoms with Gasteiger partial charge in [0.1, 0.15) is 5.25 Å². The molecule has 0 radical (unpaired) electrons. The van der Waals surface area contributed by atoms with Crippen LogP contribution in [0, 0.1) is 11.8 Å². The highest BCUT2D eigenvalue weighted by Crippen LogP contribution is 2.39. The van der Waals surface area contributed by atoms with Gasteiger partial charge in [-0.2, -0.15) is 0 Å². The summed E-state index contributed by atoms with van der Waals surface area (Å²) in [5, 5.41) is 9.82. The Morgan fingerprint density at radius 1 is 1.38 bits per heavy atom. The summed E-state index contributed by atoms with van der Waals surface area (Å²) < 4.78 is 0. The van der Waals surface area contributed by atoms with E-state index in [0.29, 0.717) is 11.8 Å². The van der Waals surface area contributed by atoms with Gasteiger partial charge < -0.3 is 5.11 Å². The molecule has 1 heterocycles. The lowest BCUT2D eigenvalue weighted by molar-refractivity contribution is -0.136. The third-order valence-corrected chi connectivity index (χ3v) is 5.19. The number of carbonyl (C=O) groups is 1. The molecule has 4 heteroatoms. The molecule has 1 saturated carbocycles. The quantitative estimate of drug-likeness (QED) is 0.808. The fourth-order valence-corrected chi connectivity index (χ4v) is 4.02. The fourth-order valence-electron chi connectivity index (χ4n) is 2.65. The zero-order chi connectivity index (χ0) is 11.7. The highest BCUT2D eigenvalue weighted by atomic mass is 32.2. The second kappa shape index (κ2) is 4.78. The number of rotatable bonds is 2. The van der Waals surface area contributed by atoms with Crippen molar-refractivity contribution in [1.29, 1.82) is 0 Å². The summed E-state index contributed by atoms with van der Waals surface area (Å²) in [6.07, 6.45) is 5.02. The van der Waals surface area contributed by atoms with Crippen molar-refractivity contribution in [2.45, 2.75) is 50.8 Å². The first-order chi connectivity index (χ1) is 7.59. The molecule has 1 N–H and O–H groups in total. The molecule has 0 aromatic heterocycles. The largest absolute Gasteiger partial charge is 0.480 e. The Labute approximate surface area is 101 Å². The predicted octanol–water partition coefficient (Wildman–Crippen LogP) is 2.80. The summed E-state index contributed by atoms with van der Waals surface area (Å²) in [5.74, 6) is 0.463. The fraction of sp³-hybridized carbons (Fsp3) is 0.833. The van der Waals surface area contributed by atoms with Crippen LogP contribution < -0.4 is 0 Å². The van der Waals surface area contributed by atoms with Crippen molar-refractivity contribution in [3.8, 4) is 0 Å². The van der Waals surface area contributed by atoms with Crippen molar-refractivity contribution in [1.82, 2.24) is 0 Å². The molecule has 0 bridgehead atoms. The standard InChI is InChI=1S/C12H19NO2S/c1-7-5-3-4-6-9(7)11-13-8(2)10(16-11)12(14)15/h7-10H,3-6H2,1-2H3,(H,14,15). The molecule has 16 heavy (non-hydrogen) atoms. The molecule has 0 aromatic rings. The Balaban J connectivity index is 2.06. The molecule has 0 aromatic carbocycles. The maximum absolute atomic E-state index is 11.0. The molecule has 1 fully saturated rings. The first kappa shape index (κ1) is 12.0. The Hall–Kier alpha value is -0.510. The molecule has 4 unspecified atom stereocenters. The van der Waals surface area contributed by atoms with Crippen molar-refractivity contribution in [2.24, 2.45) is 16.8 Å². The number of hydrogen-bond donors (Lipinski definition) is 1. The van der Waals surface area contributed by atoms with Gasteiger partial charge in [-0.1, -0.05) is 37.9 Å². The highest BCUT2D eigenvalue weighted by molar-refractivity contribution is 8.15. The number of thioether (sulfide) groups is 1. The number of aliphatic carboxylic acids is 1. The first-order valence-corrected chi connectivity index (χ1v) is 6.94. The van der Waals surface area contributed by atoms with Gasteiger partial charge in [0.15, 0.2) is 0 Å². The Morgan fingerprint density at radius 3 is 2.62 bits per heavy atom. The minimum Gasteiger partial charge on any atom is -0.480 e. The van der Waals surface area contributed by atoms with Crippen molar-refractivity contribution < 1.29 is 9.90 Å². The number of nitrogens with zero attached hydrogens (tertiary/aromatic N) is 1. The summed E-state index contributed by atoms with van der Waals surface area (Å²) in [4.78, 5) is 15.6. The van der Waals surface area contributed by atoms with Gasteiger partial charge in [-0.3, -0.25) is 9.79 Å². The molecule has 2 rings (SSSR count). The van der Waals surface area contributed by atoms with Crippen LogP contribution in [0.2, 0.25) is 0 Å². The average molecular weight is 241 g/mol. The van der Waals surface area contributed by atoms with Crippen LogP contribution in [0.5, 0.6) is 0 Å². The molecule has 1 aliphatic heterocycles. The smallest absolute Gasteiger partial charge is 0.319 e. The SMILES string of the molecule is CC1CCCCC1C1=NC(C)C(C(=O)O)S1. The van der Waals surface area contributed by atoms with Crippen LogP contribution in [0.25, 0.3) is 0 Å². The second-order valence-corrected chi connectivity index (χ2v) is 6.11. The van der Waals surface area contributed by atoms with E-state index < -0.39 is 5.97 Å². The number of carboxylic acid groups (broad SMARTS) is 1. The molecule has 3 nitrogen and oxygen atoms in total. The van der Waals surface area contributed by atoms with E-state index in [4.69, 9.17) is 5.11 Å². The van der Waals surface area contributed by atoms with E-state index in [9.17, 15) is 4.79 Å². The summed E-state index contributed by atoms with van der Waals surface area (Å²) in [5.41, 5.74) is 0. The van der Waals surface area contributed by atoms with Crippen molar-refractivity contribution in [3.05, 3.63) is 0 Å². The van der Waals surface area contributed by atoms with E-state index in [1.54, 1.807) is 0 Å². The van der Waals surface area contributed by atoms with Crippen LogP contribution in [0.15, 0.2) is 4.99 Å². The summed E-state index contributed by atoms with van der Waals surface area (Å²) in [7, 11) is 0. The zero-order valence-electron chi connectivity index (χ0n) is 9.85. The molecule has 0 saturated heterocycles. The molecule has 0 amide bonds. The van der Waals surface area contributed by atoms with Gasteiger partial charge in [0, 0.05) is 5.92 Å². The molecular weight excluding hydrogens is 222 g/mol. The monoisotopic (exact) mass is 241 g/mol. The van der Waals surface area contributed by atoms with Gasteiger partial charge in [0.05, 0.1) is 11.1 Å². The van der Waals surface area contributed by atoms with E-state index in [2.05, 4.69) is 11.9 Å². The van der Waals surface area contributed by atoms with Crippen LogP contribution in [0.4, 0.5) is 0 Å². The number of aliphatic imine (C=N–C) groups is 1. The lowest BCUT2D eigenvalue weighted by atomic mass is 9.81. The predicted molar refractivity (Wildman–Crippen MR) is 67.0 cm³/mol. The van der Waals surface area contributed by atoms with Gasteiger partial charge in [-0.15, -0.1) is 0 Å². The number of carboxylic acids is 1.